The summed E-state index contributed by atoms with van der Waals surface area (Å²) in [4.78, 5) is 25.7. The first kappa shape index (κ1) is 18.4. The summed E-state index contributed by atoms with van der Waals surface area (Å²) in [5.74, 6) is 0.688. The van der Waals surface area contributed by atoms with Crippen LogP contribution in [0.1, 0.15) is 47.0 Å². The van der Waals surface area contributed by atoms with E-state index in [1.165, 1.54) is 7.11 Å². The molecule has 24 heavy (non-hydrogen) atoms. The normalized spacial score (nSPS) is 26.0. The van der Waals surface area contributed by atoms with Crippen molar-refractivity contribution in [2.45, 2.75) is 47.0 Å². The monoisotopic (exact) mass is 328 g/mol. The van der Waals surface area contributed by atoms with Crippen LogP contribution in [0.15, 0.2) is 46.8 Å². The van der Waals surface area contributed by atoms with Crippen LogP contribution in [0.3, 0.4) is 0 Å². The third-order valence-electron chi connectivity index (χ3n) is 5.24. The predicted molar refractivity (Wildman–Crippen MR) is 96.4 cm³/mol. The van der Waals surface area contributed by atoms with Crippen molar-refractivity contribution in [3.05, 3.63) is 46.8 Å². The Bertz CT molecular complexity index is 661. The van der Waals surface area contributed by atoms with Gasteiger partial charge in [0, 0.05) is 16.7 Å². The molecule has 3 heteroatoms. The van der Waals surface area contributed by atoms with Crippen LogP contribution in [-0.2, 0) is 14.3 Å². The van der Waals surface area contributed by atoms with Crippen LogP contribution < -0.4 is 0 Å². The second kappa shape index (κ2) is 7.33. The van der Waals surface area contributed by atoms with E-state index in [-0.39, 0.29) is 29.2 Å². The molecule has 3 atom stereocenters. The van der Waals surface area contributed by atoms with Crippen molar-refractivity contribution in [3.8, 4) is 0 Å². The van der Waals surface area contributed by atoms with Gasteiger partial charge < -0.3 is 4.74 Å². The minimum Gasteiger partial charge on any atom is -0.492 e. The molecule has 0 fully saturated rings. The smallest absolute Gasteiger partial charge is 0.224 e. The highest BCUT2D eigenvalue weighted by atomic mass is 16.5. The van der Waals surface area contributed by atoms with Crippen LogP contribution in [-0.4, -0.2) is 18.7 Å². The minimum atomic E-state index is -0.0912. The molecule has 0 bridgehead atoms. The van der Waals surface area contributed by atoms with E-state index in [0.29, 0.717) is 17.1 Å². The van der Waals surface area contributed by atoms with Gasteiger partial charge in [0.1, 0.15) is 0 Å². The predicted octanol–water partition coefficient (Wildman–Crippen LogP) is 4.56. The lowest BCUT2D eigenvalue weighted by Gasteiger charge is -2.37. The molecule has 0 aromatic heterocycles. The molecule has 0 aromatic rings. The van der Waals surface area contributed by atoms with Gasteiger partial charge >= 0.3 is 0 Å². The Morgan fingerprint density at radius 1 is 1.29 bits per heavy atom. The Labute approximate surface area is 145 Å². The standard InChI is InChI=1S/C21H28O3/c1-12(2)8-7-9-13(3)16-11-10-14(4)17-18(16)19(22)15(5)21(24-6)20(17)23/h7-8,13-14,16H,1,9-11H2,2-6H3/b8-7+/t13-,14-,16+/m0/s1. The highest BCUT2D eigenvalue weighted by Gasteiger charge is 2.42. The first-order valence-corrected chi connectivity index (χ1v) is 8.69. The molecule has 0 amide bonds. The fourth-order valence-corrected chi connectivity index (χ4v) is 3.88. The number of allylic oxidation sites excluding steroid dienone is 6. The summed E-state index contributed by atoms with van der Waals surface area (Å²) in [6.45, 7) is 11.7. The molecule has 0 saturated heterocycles. The van der Waals surface area contributed by atoms with Crippen molar-refractivity contribution >= 4 is 11.6 Å². The van der Waals surface area contributed by atoms with E-state index in [1.54, 1.807) is 6.92 Å². The summed E-state index contributed by atoms with van der Waals surface area (Å²) in [5, 5.41) is 0. The van der Waals surface area contributed by atoms with Gasteiger partial charge in [-0.3, -0.25) is 9.59 Å². The third-order valence-corrected chi connectivity index (χ3v) is 5.24. The molecule has 2 aliphatic carbocycles. The van der Waals surface area contributed by atoms with Crippen molar-refractivity contribution in [3.63, 3.8) is 0 Å². The maximum absolute atomic E-state index is 12.9. The van der Waals surface area contributed by atoms with Crippen molar-refractivity contribution in [2.24, 2.45) is 17.8 Å². The fourth-order valence-electron chi connectivity index (χ4n) is 3.88. The van der Waals surface area contributed by atoms with E-state index in [9.17, 15) is 9.59 Å². The Morgan fingerprint density at radius 2 is 1.96 bits per heavy atom. The molecular formula is C21H28O3. The summed E-state index contributed by atoms with van der Waals surface area (Å²) >= 11 is 0. The summed E-state index contributed by atoms with van der Waals surface area (Å²) < 4.78 is 5.22. The number of hydrogen-bond acceptors (Lipinski definition) is 3. The van der Waals surface area contributed by atoms with Crippen molar-refractivity contribution in [1.29, 1.82) is 0 Å². The van der Waals surface area contributed by atoms with Crippen LogP contribution in [0.2, 0.25) is 0 Å². The summed E-state index contributed by atoms with van der Waals surface area (Å²) in [6, 6.07) is 0. The lowest BCUT2D eigenvalue weighted by Crippen LogP contribution is -2.35. The Kier molecular flexibility index (Phi) is 5.63. The number of ether oxygens (including phenoxy) is 1. The lowest BCUT2D eigenvalue weighted by atomic mass is 9.66. The summed E-state index contributed by atoms with van der Waals surface area (Å²) in [5.41, 5.74) is 2.90. The molecule has 3 nitrogen and oxygen atoms in total. The minimum absolute atomic E-state index is 0.00580. The molecule has 0 N–H and O–H groups in total. The zero-order valence-corrected chi connectivity index (χ0v) is 15.4. The van der Waals surface area contributed by atoms with Crippen LogP contribution in [0.4, 0.5) is 0 Å². The topological polar surface area (TPSA) is 43.4 Å². The van der Waals surface area contributed by atoms with Crippen LogP contribution in [0.5, 0.6) is 0 Å². The highest BCUT2D eigenvalue weighted by Crippen LogP contribution is 2.44. The first-order valence-electron chi connectivity index (χ1n) is 8.69. The van der Waals surface area contributed by atoms with Gasteiger partial charge in [-0.15, -0.1) is 0 Å². The van der Waals surface area contributed by atoms with Gasteiger partial charge in [0.15, 0.2) is 11.5 Å². The number of carbonyl (C=O) groups excluding carboxylic acids is 2. The van der Waals surface area contributed by atoms with Crippen molar-refractivity contribution in [2.75, 3.05) is 7.11 Å². The van der Waals surface area contributed by atoms with Crippen LogP contribution >= 0.6 is 0 Å². The van der Waals surface area contributed by atoms with Gasteiger partial charge in [-0.1, -0.05) is 38.2 Å². The zero-order valence-electron chi connectivity index (χ0n) is 15.4. The van der Waals surface area contributed by atoms with Crippen LogP contribution in [0.25, 0.3) is 0 Å². The number of Topliss-reactive ketones (excluding diaryl/α,β-unsaturated/α-hetero) is 2. The molecule has 130 valence electrons. The van der Waals surface area contributed by atoms with Gasteiger partial charge in [0.05, 0.1) is 7.11 Å². The first-order chi connectivity index (χ1) is 11.3. The summed E-state index contributed by atoms with van der Waals surface area (Å²) in [6.07, 6.45) is 6.90. The largest absolute Gasteiger partial charge is 0.492 e. The number of methoxy groups -OCH3 is 1. The maximum atomic E-state index is 12.9. The van der Waals surface area contributed by atoms with Gasteiger partial charge in [0.2, 0.25) is 5.78 Å². The highest BCUT2D eigenvalue weighted by molar-refractivity contribution is 6.24. The van der Waals surface area contributed by atoms with Gasteiger partial charge in [-0.05, 0) is 50.9 Å². The average Bonchev–Trinajstić information content (AvgIpc) is 2.52. The fraction of sp³-hybridized carbons (Fsp3) is 0.524. The third kappa shape index (κ3) is 3.31. The molecule has 0 radical (unpaired) electrons. The van der Waals surface area contributed by atoms with Gasteiger partial charge in [-0.2, -0.15) is 0 Å². The molecule has 0 heterocycles. The van der Waals surface area contributed by atoms with E-state index < -0.39 is 0 Å². The summed E-state index contributed by atoms with van der Waals surface area (Å²) in [7, 11) is 1.46. The second-order valence-electron chi connectivity index (χ2n) is 7.19. The van der Waals surface area contributed by atoms with E-state index in [2.05, 4.69) is 19.6 Å². The number of hydrogen-bond donors (Lipinski definition) is 0. The number of carbonyl (C=O) groups is 2. The van der Waals surface area contributed by atoms with E-state index >= 15 is 0 Å². The van der Waals surface area contributed by atoms with E-state index in [1.807, 2.05) is 19.9 Å². The zero-order chi connectivity index (χ0) is 18.0. The average molecular weight is 328 g/mol. The molecule has 0 unspecified atom stereocenters. The molecule has 0 aliphatic heterocycles. The Morgan fingerprint density at radius 3 is 2.54 bits per heavy atom. The van der Waals surface area contributed by atoms with Gasteiger partial charge in [0.25, 0.3) is 0 Å². The SMILES string of the molecule is C=C(C)/C=C/C[C@H](C)[C@H]1CC[C@H](C)C2=C1C(=O)C(C)=C(OC)C2=O. The molecule has 2 aliphatic rings. The molecule has 2 rings (SSSR count). The lowest BCUT2D eigenvalue weighted by molar-refractivity contribution is -0.120. The van der Waals surface area contributed by atoms with Crippen molar-refractivity contribution in [1.82, 2.24) is 0 Å². The molecule has 0 aromatic carbocycles. The van der Waals surface area contributed by atoms with E-state index in [0.717, 1.165) is 30.4 Å². The Balaban J connectivity index is 2.38. The molecule has 0 spiro atoms. The van der Waals surface area contributed by atoms with Crippen LogP contribution in [0, 0.1) is 17.8 Å². The molecule has 0 saturated carbocycles. The van der Waals surface area contributed by atoms with Crippen molar-refractivity contribution < 1.29 is 14.3 Å². The molecular weight excluding hydrogens is 300 g/mol. The second-order valence-corrected chi connectivity index (χ2v) is 7.19. The van der Waals surface area contributed by atoms with Gasteiger partial charge in [-0.25, -0.2) is 0 Å². The van der Waals surface area contributed by atoms with E-state index in [4.69, 9.17) is 4.74 Å². The Hall–Kier alpha value is -1.90. The number of rotatable bonds is 5. The maximum Gasteiger partial charge on any atom is 0.224 e. The quantitative estimate of drug-likeness (QED) is 0.549. The number of ketones is 2.